The largest absolute Gasteiger partial charge is 0.380 e. The first kappa shape index (κ1) is 13.3. The summed E-state index contributed by atoms with van der Waals surface area (Å²) in [5.74, 6) is 0. The fraction of sp³-hybridized carbons (Fsp3) is 0.500. The molecule has 1 radical (unpaired) electrons. The van der Waals surface area contributed by atoms with Crippen LogP contribution in [-0.2, 0) is 9.09 Å². The van der Waals surface area contributed by atoms with Gasteiger partial charge in [0.1, 0.15) is 11.4 Å². The number of hydrogen-bond donors (Lipinski definition) is 2. The van der Waals surface area contributed by atoms with Crippen molar-refractivity contribution in [2.45, 2.75) is 12.8 Å². The zero-order chi connectivity index (χ0) is 13.1. The first-order chi connectivity index (χ1) is 8.65. The topological polar surface area (TPSA) is 95.9 Å². The Labute approximate surface area is 104 Å². The average molecular weight is 273 g/mol. The Bertz CT molecular complexity index is 510. The number of rotatable bonds is 5. The monoisotopic (exact) mass is 273 g/mol. The molecule has 0 spiro atoms. The standard InChI is InChI=1S/C10H14N2O5P/c13-6(17-18-16)2-5-12-4-1-3-11-7-8(12)10(15)9(7)14/h11,13H,1-5,18H2. The third-order valence-corrected chi connectivity index (χ3v) is 3.26. The summed E-state index contributed by atoms with van der Waals surface area (Å²) in [4.78, 5) is 24.6. The molecular formula is C10H14N2O5P. The number of nitrogens with zero attached hydrogens (tertiary/aromatic N) is 1. The Kier molecular flexibility index (Phi) is 4.16. The lowest BCUT2D eigenvalue weighted by atomic mass is 10.1. The number of hydrogen-bond acceptors (Lipinski definition) is 7. The van der Waals surface area contributed by atoms with Crippen LogP contribution in [0.25, 0.3) is 0 Å². The molecule has 1 heterocycles. The van der Waals surface area contributed by atoms with Crippen molar-refractivity contribution in [2.75, 3.05) is 29.9 Å². The van der Waals surface area contributed by atoms with Gasteiger partial charge in [-0.3, -0.25) is 18.7 Å². The molecule has 1 atom stereocenters. The SMILES string of the molecule is O=[PH2]O[C](O)CCN1CCCNc2c1c(=O)c2=O. The minimum Gasteiger partial charge on any atom is -0.380 e. The lowest BCUT2D eigenvalue weighted by molar-refractivity contribution is 0.106. The maximum Gasteiger partial charge on any atom is 0.253 e. The molecule has 8 heteroatoms. The second kappa shape index (κ2) is 5.65. The van der Waals surface area contributed by atoms with Crippen LogP contribution in [0.5, 0.6) is 0 Å². The van der Waals surface area contributed by atoms with Crippen LogP contribution in [-0.4, -0.2) is 24.7 Å². The summed E-state index contributed by atoms with van der Waals surface area (Å²) < 4.78 is 14.7. The van der Waals surface area contributed by atoms with E-state index < -0.39 is 19.5 Å². The molecule has 1 unspecified atom stereocenters. The highest BCUT2D eigenvalue weighted by atomic mass is 31.1. The summed E-state index contributed by atoms with van der Waals surface area (Å²) in [5, 5.41) is 12.2. The minimum atomic E-state index is -1.48. The van der Waals surface area contributed by atoms with Gasteiger partial charge in [-0.2, -0.15) is 0 Å². The van der Waals surface area contributed by atoms with Crippen molar-refractivity contribution in [2.24, 2.45) is 0 Å². The molecule has 0 saturated carbocycles. The van der Waals surface area contributed by atoms with Gasteiger partial charge in [-0.05, 0) is 6.42 Å². The summed E-state index contributed by atoms with van der Waals surface area (Å²) in [6.07, 6.45) is 0.646. The van der Waals surface area contributed by atoms with Crippen LogP contribution in [0.2, 0.25) is 0 Å². The molecule has 0 aromatic heterocycles. The summed E-state index contributed by atoms with van der Waals surface area (Å²) in [7, 11) is -1.48. The Balaban J connectivity index is 2.05. The number of anilines is 2. The number of aliphatic hydroxyl groups excluding tert-OH is 1. The van der Waals surface area contributed by atoms with Gasteiger partial charge in [0.15, 0.2) is 8.69 Å². The van der Waals surface area contributed by atoms with Gasteiger partial charge in [-0.25, -0.2) is 0 Å². The van der Waals surface area contributed by atoms with Crippen LogP contribution in [0.4, 0.5) is 11.4 Å². The minimum absolute atomic E-state index is 0.160. The van der Waals surface area contributed by atoms with E-state index in [0.29, 0.717) is 31.0 Å². The number of aliphatic hydroxyl groups is 1. The normalized spacial score (nSPS) is 16.2. The van der Waals surface area contributed by atoms with E-state index in [4.69, 9.17) is 0 Å². The molecule has 0 saturated heterocycles. The smallest absolute Gasteiger partial charge is 0.253 e. The molecular weight excluding hydrogens is 259 g/mol. The highest BCUT2D eigenvalue weighted by molar-refractivity contribution is 7.17. The van der Waals surface area contributed by atoms with Crippen LogP contribution in [0.1, 0.15) is 12.8 Å². The van der Waals surface area contributed by atoms with Crippen LogP contribution < -0.4 is 21.1 Å². The molecule has 2 N–H and O–H groups in total. The molecule has 1 aromatic rings. The van der Waals surface area contributed by atoms with Crippen LogP contribution in [0, 0.1) is 6.29 Å². The van der Waals surface area contributed by atoms with Gasteiger partial charge < -0.3 is 15.3 Å². The molecule has 0 aliphatic carbocycles. The van der Waals surface area contributed by atoms with E-state index in [9.17, 15) is 19.3 Å². The van der Waals surface area contributed by atoms with Crippen molar-refractivity contribution < 1.29 is 14.2 Å². The van der Waals surface area contributed by atoms with Gasteiger partial charge >= 0.3 is 0 Å². The predicted molar refractivity (Wildman–Crippen MR) is 68.0 cm³/mol. The summed E-state index contributed by atoms with van der Waals surface area (Å²) >= 11 is 0. The molecule has 1 aromatic carbocycles. The van der Waals surface area contributed by atoms with Crippen molar-refractivity contribution >= 4 is 20.1 Å². The fourth-order valence-electron chi connectivity index (χ4n) is 2.01. The highest BCUT2D eigenvalue weighted by Crippen LogP contribution is 2.24. The Hall–Kier alpha value is -1.17. The van der Waals surface area contributed by atoms with Crippen molar-refractivity contribution in [3.63, 3.8) is 0 Å². The quantitative estimate of drug-likeness (QED) is 0.568. The zero-order valence-electron chi connectivity index (χ0n) is 9.64. The Morgan fingerprint density at radius 1 is 1.44 bits per heavy atom. The third kappa shape index (κ3) is 2.48. The molecule has 1 aliphatic rings. The second-order valence-corrected chi connectivity index (χ2v) is 4.44. The molecule has 0 bridgehead atoms. The number of nitrogens with one attached hydrogen (secondary N) is 1. The molecule has 7 nitrogen and oxygen atoms in total. The van der Waals surface area contributed by atoms with E-state index in [-0.39, 0.29) is 12.7 Å². The maximum absolute atomic E-state index is 11.5. The zero-order valence-corrected chi connectivity index (χ0v) is 10.8. The van der Waals surface area contributed by atoms with Crippen molar-refractivity contribution in [1.29, 1.82) is 0 Å². The summed E-state index contributed by atoms with van der Waals surface area (Å²) in [6.45, 7) is 1.62. The van der Waals surface area contributed by atoms with Gasteiger partial charge in [0.25, 0.3) is 10.9 Å². The summed E-state index contributed by atoms with van der Waals surface area (Å²) in [6, 6.07) is 0. The molecule has 2 rings (SSSR count). The molecule has 18 heavy (non-hydrogen) atoms. The lowest BCUT2D eigenvalue weighted by Gasteiger charge is -2.24. The van der Waals surface area contributed by atoms with Gasteiger partial charge in [-0.1, -0.05) is 0 Å². The van der Waals surface area contributed by atoms with Crippen LogP contribution in [0.3, 0.4) is 0 Å². The Morgan fingerprint density at radius 2 is 2.22 bits per heavy atom. The second-order valence-electron chi connectivity index (χ2n) is 4.01. The predicted octanol–water partition coefficient (Wildman–Crippen LogP) is -0.155. The van der Waals surface area contributed by atoms with E-state index in [1.54, 1.807) is 4.90 Å². The van der Waals surface area contributed by atoms with Crippen LogP contribution >= 0.6 is 8.69 Å². The van der Waals surface area contributed by atoms with E-state index in [2.05, 4.69) is 9.84 Å². The van der Waals surface area contributed by atoms with E-state index in [0.717, 1.165) is 6.42 Å². The van der Waals surface area contributed by atoms with Crippen molar-refractivity contribution in [3.05, 3.63) is 26.7 Å². The lowest BCUT2D eigenvalue weighted by Crippen LogP contribution is -2.41. The van der Waals surface area contributed by atoms with Gasteiger partial charge in [0.05, 0.1) is 0 Å². The average Bonchev–Trinajstić information content (AvgIpc) is 2.56. The van der Waals surface area contributed by atoms with Gasteiger partial charge in [0, 0.05) is 26.1 Å². The molecule has 0 fully saturated rings. The van der Waals surface area contributed by atoms with E-state index >= 15 is 0 Å². The summed E-state index contributed by atoms with van der Waals surface area (Å²) in [5.41, 5.74) is -0.216. The first-order valence-electron chi connectivity index (χ1n) is 5.62. The Morgan fingerprint density at radius 3 is 2.94 bits per heavy atom. The third-order valence-electron chi connectivity index (χ3n) is 2.89. The van der Waals surface area contributed by atoms with Crippen LogP contribution in [0.15, 0.2) is 9.59 Å². The van der Waals surface area contributed by atoms with Gasteiger partial charge in [0.2, 0.25) is 6.29 Å². The maximum atomic E-state index is 11.5. The van der Waals surface area contributed by atoms with Crippen molar-refractivity contribution in [3.8, 4) is 0 Å². The fourth-order valence-corrected chi connectivity index (χ4v) is 2.24. The molecule has 0 amide bonds. The first-order valence-corrected chi connectivity index (χ1v) is 6.56. The van der Waals surface area contributed by atoms with Gasteiger partial charge in [-0.15, -0.1) is 0 Å². The van der Waals surface area contributed by atoms with E-state index in [1.165, 1.54) is 0 Å². The molecule has 99 valence electrons. The van der Waals surface area contributed by atoms with Crippen molar-refractivity contribution in [1.82, 2.24) is 0 Å². The molecule has 1 aliphatic heterocycles. The highest BCUT2D eigenvalue weighted by Gasteiger charge is 2.27. The number of fused-ring (bicyclic) bond motifs is 1. The van der Waals surface area contributed by atoms with E-state index in [1.807, 2.05) is 0 Å².